The molecule has 7 heteroatoms. The summed E-state index contributed by atoms with van der Waals surface area (Å²) in [6, 6.07) is 19.9. The van der Waals surface area contributed by atoms with Crippen LogP contribution in [0.3, 0.4) is 0 Å². The van der Waals surface area contributed by atoms with Crippen LogP contribution in [0.4, 0.5) is 4.39 Å². The summed E-state index contributed by atoms with van der Waals surface area (Å²) >= 11 is 0. The van der Waals surface area contributed by atoms with Crippen molar-refractivity contribution in [2.45, 2.75) is 25.3 Å². The minimum Gasteiger partial charge on any atom is -0.330 e. The highest BCUT2D eigenvalue weighted by Gasteiger charge is 2.31. The molecule has 1 aliphatic rings. The summed E-state index contributed by atoms with van der Waals surface area (Å²) < 4.78 is 15.8. The molecule has 0 N–H and O–H groups in total. The van der Waals surface area contributed by atoms with Crippen molar-refractivity contribution in [3.05, 3.63) is 108 Å². The van der Waals surface area contributed by atoms with E-state index in [9.17, 15) is 9.18 Å². The molecule has 1 fully saturated rings. The molecule has 6 nitrogen and oxygen atoms in total. The van der Waals surface area contributed by atoms with Crippen LogP contribution in [0.15, 0.2) is 79.4 Å². The lowest BCUT2D eigenvalue weighted by molar-refractivity contribution is 0.0732. The van der Waals surface area contributed by atoms with E-state index in [1.54, 1.807) is 29.4 Å². The van der Waals surface area contributed by atoms with E-state index in [1.165, 1.54) is 6.07 Å². The van der Waals surface area contributed by atoms with Crippen molar-refractivity contribution < 1.29 is 9.18 Å². The Labute approximate surface area is 185 Å². The Morgan fingerprint density at radius 3 is 2.66 bits per heavy atom. The summed E-state index contributed by atoms with van der Waals surface area (Å²) in [5.41, 5.74) is 3.70. The van der Waals surface area contributed by atoms with Gasteiger partial charge in [0, 0.05) is 29.9 Å². The average Bonchev–Trinajstić information content (AvgIpc) is 3.53. The Balaban J connectivity index is 1.39. The van der Waals surface area contributed by atoms with Crippen LogP contribution < -0.4 is 0 Å². The normalized spacial score (nSPS) is 15.8. The average molecular weight is 427 g/mol. The third-order valence-electron chi connectivity index (χ3n) is 5.82. The molecule has 1 atom stereocenters. The van der Waals surface area contributed by atoms with Crippen LogP contribution in [-0.4, -0.2) is 37.1 Å². The van der Waals surface area contributed by atoms with Crippen molar-refractivity contribution >= 4 is 5.91 Å². The van der Waals surface area contributed by atoms with Crippen molar-refractivity contribution in [3.63, 3.8) is 0 Å². The molecule has 3 heterocycles. The number of hydrogen-bond donors (Lipinski definition) is 0. The van der Waals surface area contributed by atoms with Gasteiger partial charge in [0.2, 0.25) is 0 Å². The summed E-state index contributed by atoms with van der Waals surface area (Å²) in [5, 5.41) is 7.66. The highest BCUT2D eigenvalue weighted by molar-refractivity contribution is 5.95. The van der Waals surface area contributed by atoms with E-state index in [0.717, 1.165) is 29.9 Å². The molecule has 0 saturated carbocycles. The predicted octanol–water partition coefficient (Wildman–Crippen LogP) is 4.37. The van der Waals surface area contributed by atoms with E-state index in [1.807, 2.05) is 53.4 Å². The van der Waals surface area contributed by atoms with Crippen LogP contribution in [-0.2, 0) is 6.42 Å². The van der Waals surface area contributed by atoms with Gasteiger partial charge in [-0.1, -0.05) is 30.3 Å². The van der Waals surface area contributed by atoms with Gasteiger partial charge in [-0.2, -0.15) is 0 Å². The molecule has 0 radical (unpaired) electrons. The van der Waals surface area contributed by atoms with Crippen molar-refractivity contribution in [1.29, 1.82) is 0 Å². The number of rotatable bonds is 5. The highest BCUT2D eigenvalue weighted by atomic mass is 19.1. The maximum atomic E-state index is 14.1. The summed E-state index contributed by atoms with van der Waals surface area (Å²) in [4.78, 5) is 20.1. The fourth-order valence-corrected chi connectivity index (χ4v) is 4.24. The molecule has 1 saturated heterocycles. The zero-order valence-electron chi connectivity index (χ0n) is 17.4. The standard InChI is InChI=1S/C25H22FN5O/c26-22-10-2-1-6-18(22)14-20-8-4-11-23(29-20)24-12-5-13-31(24)25(32)19-7-3-9-21(15-19)30-16-27-28-17-30/h1-4,6-11,15-17,24H,5,12-14H2/t24-/m1/s1. The maximum absolute atomic E-state index is 14.1. The van der Waals surface area contributed by atoms with Crippen LogP contribution in [0.25, 0.3) is 5.69 Å². The Bertz CT molecular complexity index is 1240. The van der Waals surface area contributed by atoms with Crippen molar-refractivity contribution in [2.75, 3.05) is 6.54 Å². The van der Waals surface area contributed by atoms with Crippen LogP contribution in [0, 0.1) is 5.82 Å². The first kappa shape index (κ1) is 20.1. The van der Waals surface area contributed by atoms with Gasteiger partial charge in [-0.15, -0.1) is 10.2 Å². The second kappa shape index (κ2) is 8.70. The lowest BCUT2D eigenvalue weighted by Gasteiger charge is -2.25. The molecule has 0 unspecified atom stereocenters. The maximum Gasteiger partial charge on any atom is 0.254 e. The molecule has 160 valence electrons. The lowest BCUT2D eigenvalue weighted by Crippen LogP contribution is -2.31. The molecule has 0 aliphatic carbocycles. The molecular formula is C25H22FN5O. The van der Waals surface area contributed by atoms with Gasteiger partial charge in [-0.3, -0.25) is 14.3 Å². The zero-order chi connectivity index (χ0) is 21.9. The number of pyridine rings is 1. The molecule has 1 amide bonds. The largest absolute Gasteiger partial charge is 0.330 e. The van der Waals surface area contributed by atoms with E-state index >= 15 is 0 Å². The number of aromatic nitrogens is 4. The van der Waals surface area contributed by atoms with E-state index in [4.69, 9.17) is 4.98 Å². The Morgan fingerprint density at radius 2 is 1.81 bits per heavy atom. The van der Waals surface area contributed by atoms with Crippen LogP contribution in [0.1, 0.15) is 46.2 Å². The zero-order valence-corrected chi connectivity index (χ0v) is 17.4. The minimum atomic E-state index is -0.231. The molecule has 4 aromatic rings. The summed E-state index contributed by atoms with van der Waals surface area (Å²) in [5.74, 6) is -0.255. The number of carbonyl (C=O) groups excluding carboxylic acids is 1. The quantitative estimate of drug-likeness (QED) is 0.475. The summed E-state index contributed by atoms with van der Waals surface area (Å²) in [6.45, 7) is 0.680. The predicted molar refractivity (Wildman–Crippen MR) is 118 cm³/mol. The Kier molecular flexibility index (Phi) is 5.46. The van der Waals surface area contributed by atoms with Gasteiger partial charge >= 0.3 is 0 Å². The topological polar surface area (TPSA) is 63.9 Å². The smallest absolute Gasteiger partial charge is 0.254 e. The molecule has 32 heavy (non-hydrogen) atoms. The fourth-order valence-electron chi connectivity index (χ4n) is 4.24. The van der Waals surface area contributed by atoms with E-state index in [0.29, 0.717) is 24.1 Å². The third-order valence-corrected chi connectivity index (χ3v) is 5.82. The molecule has 0 bridgehead atoms. The van der Waals surface area contributed by atoms with Crippen LogP contribution >= 0.6 is 0 Å². The molecule has 0 spiro atoms. The number of carbonyl (C=O) groups is 1. The van der Waals surface area contributed by atoms with Gasteiger partial charge in [0.05, 0.1) is 11.7 Å². The van der Waals surface area contributed by atoms with Crippen molar-refractivity contribution in [1.82, 2.24) is 24.6 Å². The van der Waals surface area contributed by atoms with Crippen molar-refractivity contribution in [2.24, 2.45) is 0 Å². The van der Waals surface area contributed by atoms with Gasteiger partial charge in [0.15, 0.2) is 0 Å². The number of halogens is 1. The van der Waals surface area contributed by atoms with Gasteiger partial charge in [0.25, 0.3) is 5.91 Å². The fraction of sp³-hybridized carbons (Fsp3) is 0.200. The number of nitrogens with zero attached hydrogens (tertiary/aromatic N) is 5. The molecule has 1 aliphatic heterocycles. The van der Waals surface area contributed by atoms with E-state index in [-0.39, 0.29) is 17.8 Å². The molecule has 2 aromatic carbocycles. The number of benzene rings is 2. The van der Waals surface area contributed by atoms with Gasteiger partial charge in [-0.05, 0) is 54.8 Å². The number of hydrogen-bond acceptors (Lipinski definition) is 4. The number of likely N-dealkylation sites (tertiary alicyclic amines) is 1. The molecule has 5 rings (SSSR count). The highest BCUT2D eigenvalue weighted by Crippen LogP contribution is 2.32. The van der Waals surface area contributed by atoms with E-state index in [2.05, 4.69) is 10.2 Å². The van der Waals surface area contributed by atoms with Gasteiger partial charge < -0.3 is 4.90 Å². The Morgan fingerprint density at radius 1 is 1.00 bits per heavy atom. The SMILES string of the molecule is O=C(c1cccc(-n2cnnc2)c1)N1CCC[C@@H]1c1cccc(Cc2ccccc2F)n1. The Hall–Kier alpha value is -3.87. The minimum absolute atomic E-state index is 0.0243. The summed E-state index contributed by atoms with van der Waals surface area (Å²) in [6.07, 6.45) is 5.40. The third kappa shape index (κ3) is 4.01. The van der Waals surface area contributed by atoms with Crippen LogP contribution in [0.2, 0.25) is 0 Å². The van der Waals surface area contributed by atoms with Gasteiger partial charge in [0.1, 0.15) is 18.5 Å². The van der Waals surface area contributed by atoms with Gasteiger partial charge in [-0.25, -0.2) is 4.39 Å². The second-order valence-corrected chi connectivity index (χ2v) is 7.90. The van der Waals surface area contributed by atoms with E-state index < -0.39 is 0 Å². The first-order chi connectivity index (χ1) is 15.7. The first-order valence-corrected chi connectivity index (χ1v) is 10.6. The first-order valence-electron chi connectivity index (χ1n) is 10.6. The lowest BCUT2D eigenvalue weighted by atomic mass is 10.1. The molecule has 2 aromatic heterocycles. The van der Waals surface area contributed by atoms with Crippen molar-refractivity contribution in [3.8, 4) is 5.69 Å². The summed E-state index contributed by atoms with van der Waals surface area (Å²) in [7, 11) is 0. The second-order valence-electron chi connectivity index (χ2n) is 7.90. The van der Waals surface area contributed by atoms with Crippen LogP contribution in [0.5, 0.6) is 0 Å². The number of amides is 1. The monoisotopic (exact) mass is 427 g/mol. The molecular weight excluding hydrogens is 405 g/mol.